The molecule has 1 aliphatic rings. The van der Waals surface area contributed by atoms with Crippen LogP contribution in [0.4, 0.5) is 10.1 Å². The molecule has 0 saturated heterocycles. The molecule has 2 rings (SSSR count). The van der Waals surface area contributed by atoms with Crippen molar-refractivity contribution in [3.63, 3.8) is 0 Å². The SMILES string of the molecule is COC(=O)c1ccc(SC2C=CC=C2F)c([N+](=O)[O-])c1. The van der Waals surface area contributed by atoms with E-state index in [-0.39, 0.29) is 17.1 Å². The predicted molar refractivity (Wildman–Crippen MR) is 72.4 cm³/mol. The first-order valence-electron chi connectivity index (χ1n) is 5.60. The Hall–Kier alpha value is -2.15. The molecule has 0 bridgehead atoms. The molecule has 20 heavy (non-hydrogen) atoms. The number of methoxy groups -OCH3 is 1. The normalized spacial score (nSPS) is 16.9. The van der Waals surface area contributed by atoms with Crippen LogP contribution in [-0.4, -0.2) is 23.3 Å². The maximum Gasteiger partial charge on any atom is 0.338 e. The van der Waals surface area contributed by atoms with Gasteiger partial charge in [-0.3, -0.25) is 10.1 Å². The summed E-state index contributed by atoms with van der Waals surface area (Å²) in [6, 6.07) is 3.98. The molecule has 7 heteroatoms. The summed E-state index contributed by atoms with van der Waals surface area (Å²) in [5, 5.41) is 10.5. The van der Waals surface area contributed by atoms with Crippen molar-refractivity contribution in [1.82, 2.24) is 0 Å². The fourth-order valence-corrected chi connectivity index (χ4v) is 2.71. The minimum absolute atomic E-state index is 0.0847. The lowest BCUT2D eigenvalue weighted by atomic mass is 10.2. The average molecular weight is 295 g/mol. The van der Waals surface area contributed by atoms with Crippen LogP contribution in [0.15, 0.2) is 47.1 Å². The van der Waals surface area contributed by atoms with Crippen LogP contribution >= 0.6 is 11.8 Å². The van der Waals surface area contributed by atoms with Gasteiger partial charge in [0.1, 0.15) is 5.83 Å². The minimum Gasteiger partial charge on any atom is -0.465 e. The van der Waals surface area contributed by atoms with Crippen molar-refractivity contribution >= 4 is 23.4 Å². The molecule has 0 aromatic heterocycles. The van der Waals surface area contributed by atoms with Crippen molar-refractivity contribution in [3.8, 4) is 0 Å². The molecule has 5 nitrogen and oxygen atoms in total. The highest BCUT2D eigenvalue weighted by atomic mass is 32.2. The van der Waals surface area contributed by atoms with Gasteiger partial charge in [0.25, 0.3) is 5.69 Å². The van der Waals surface area contributed by atoms with Gasteiger partial charge in [0.2, 0.25) is 0 Å². The van der Waals surface area contributed by atoms with E-state index in [0.29, 0.717) is 4.90 Å². The Morgan fingerprint density at radius 2 is 2.25 bits per heavy atom. The maximum absolute atomic E-state index is 13.4. The van der Waals surface area contributed by atoms with Gasteiger partial charge in [0.05, 0.1) is 27.7 Å². The van der Waals surface area contributed by atoms with Gasteiger partial charge < -0.3 is 4.74 Å². The first-order valence-corrected chi connectivity index (χ1v) is 6.48. The molecule has 1 unspecified atom stereocenters. The summed E-state index contributed by atoms with van der Waals surface area (Å²) in [4.78, 5) is 22.1. The second-order valence-corrected chi connectivity index (χ2v) is 5.09. The van der Waals surface area contributed by atoms with Crippen molar-refractivity contribution < 1.29 is 18.8 Å². The molecule has 104 valence electrons. The topological polar surface area (TPSA) is 69.4 Å². The fraction of sp³-hybridized carbons (Fsp3) is 0.154. The van der Waals surface area contributed by atoms with E-state index in [4.69, 9.17) is 0 Å². The van der Waals surface area contributed by atoms with Crippen LogP contribution in [0.2, 0.25) is 0 Å². The Labute approximate surface area is 118 Å². The fourth-order valence-electron chi connectivity index (χ4n) is 1.67. The number of carbonyl (C=O) groups excluding carboxylic acids is 1. The number of esters is 1. The second kappa shape index (κ2) is 5.87. The van der Waals surface area contributed by atoms with Crippen LogP contribution in [0.25, 0.3) is 0 Å². The van der Waals surface area contributed by atoms with Crippen LogP contribution in [0.3, 0.4) is 0 Å². The maximum atomic E-state index is 13.4. The highest BCUT2D eigenvalue weighted by Crippen LogP contribution is 2.37. The summed E-state index contributed by atoms with van der Waals surface area (Å²) < 4.78 is 17.9. The third kappa shape index (κ3) is 2.88. The van der Waals surface area contributed by atoms with E-state index in [2.05, 4.69) is 4.74 Å². The van der Waals surface area contributed by atoms with Crippen molar-refractivity contribution in [2.24, 2.45) is 0 Å². The Morgan fingerprint density at radius 3 is 2.80 bits per heavy atom. The van der Waals surface area contributed by atoms with Crippen molar-refractivity contribution in [1.29, 1.82) is 0 Å². The first kappa shape index (κ1) is 14.3. The molecule has 0 saturated carbocycles. The summed E-state index contributed by atoms with van der Waals surface area (Å²) in [6.45, 7) is 0. The van der Waals surface area contributed by atoms with Gasteiger partial charge in [-0.25, -0.2) is 9.18 Å². The van der Waals surface area contributed by atoms with Gasteiger partial charge >= 0.3 is 5.97 Å². The number of allylic oxidation sites excluding steroid dienone is 2. The predicted octanol–water partition coefficient (Wildman–Crippen LogP) is 3.27. The number of nitro groups is 1. The zero-order valence-electron chi connectivity index (χ0n) is 10.4. The molecule has 0 fully saturated rings. The van der Waals surface area contributed by atoms with Crippen LogP contribution in [-0.2, 0) is 4.74 Å². The van der Waals surface area contributed by atoms with Crippen LogP contribution < -0.4 is 0 Å². The molecule has 1 atom stereocenters. The van der Waals surface area contributed by atoms with E-state index in [0.717, 1.165) is 17.8 Å². The monoisotopic (exact) mass is 295 g/mol. The Bertz CT molecular complexity index is 627. The molecule has 0 N–H and O–H groups in total. The summed E-state index contributed by atoms with van der Waals surface area (Å²) in [7, 11) is 1.19. The Kier molecular flexibility index (Phi) is 4.19. The largest absolute Gasteiger partial charge is 0.465 e. The van der Waals surface area contributed by atoms with Crippen LogP contribution in [0.1, 0.15) is 10.4 Å². The van der Waals surface area contributed by atoms with Gasteiger partial charge in [-0.1, -0.05) is 12.2 Å². The lowest BCUT2D eigenvalue weighted by Gasteiger charge is -2.08. The van der Waals surface area contributed by atoms with Gasteiger partial charge in [0, 0.05) is 6.07 Å². The number of benzene rings is 1. The molecular weight excluding hydrogens is 285 g/mol. The van der Waals surface area contributed by atoms with Crippen molar-refractivity contribution in [2.75, 3.05) is 7.11 Å². The molecule has 1 aromatic carbocycles. The van der Waals surface area contributed by atoms with Gasteiger partial charge in [-0.15, -0.1) is 11.8 Å². The standard InChI is InChI=1S/C13H10FNO4S/c1-19-13(16)8-5-6-12(10(7-8)15(17)18)20-11-4-2-3-9(11)14/h2-7,11H,1H3. The van der Waals surface area contributed by atoms with E-state index < -0.39 is 16.1 Å². The smallest absolute Gasteiger partial charge is 0.338 e. The van der Waals surface area contributed by atoms with E-state index in [1.807, 2.05) is 0 Å². The summed E-state index contributed by atoms with van der Waals surface area (Å²) in [5.74, 6) is -1.02. The van der Waals surface area contributed by atoms with Crippen LogP contribution in [0, 0.1) is 10.1 Å². The molecule has 1 aromatic rings. The summed E-state index contributed by atoms with van der Waals surface area (Å²) in [5.41, 5.74) is -0.160. The highest BCUT2D eigenvalue weighted by Gasteiger charge is 2.23. The number of thioether (sulfide) groups is 1. The lowest BCUT2D eigenvalue weighted by molar-refractivity contribution is -0.387. The van der Waals surface area contributed by atoms with Gasteiger partial charge in [-0.05, 0) is 18.2 Å². The first-order chi connectivity index (χ1) is 9.52. The molecule has 1 aliphatic carbocycles. The van der Waals surface area contributed by atoms with Crippen LogP contribution in [0.5, 0.6) is 0 Å². The zero-order chi connectivity index (χ0) is 14.7. The lowest BCUT2D eigenvalue weighted by Crippen LogP contribution is -2.04. The number of hydrogen-bond acceptors (Lipinski definition) is 5. The number of nitro benzene ring substituents is 1. The zero-order valence-corrected chi connectivity index (χ0v) is 11.2. The van der Waals surface area contributed by atoms with Gasteiger partial charge in [0.15, 0.2) is 0 Å². The number of hydrogen-bond donors (Lipinski definition) is 0. The van der Waals surface area contributed by atoms with E-state index >= 15 is 0 Å². The molecule has 0 heterocycles. The molecule has 0 radical (unpaired) electrons. The second-order valence-electron chi connectivity index (χ2n) is 3.91. The van der Waals surface area contributed by atoms with Gasteiger partial charge in [-0.2, -0.15) is 0 Å². The van der Waals surface area contributed by atoms with E-state index in [1.54, 1.807) is 12.2 Å². The number of carbonyl (C=O) groups is 1. The third-order valence-electron chi connectivity index (χ3n) is 2.64. The quantitative estimate of drug-likeness (QED) is 0.484. The Balaban J connectivity index is 2.33. The number of rotatable bonds is 4. The van der Waals surface area contributed by atoms with E-state index in [9.17, 15) is 19.3 Å². The van der Waals surface area contributed by atoms with Crippen molar-refractivity contribution in [2.45, 2.75) is 10.1 Å². The molecule has 0 spiro atoms. The third-order valence-corrected chi connectivity index (χ3v) is 3.88. The number of halogens is 1. The summed E-state index contributed by atoms with van der Waals surface area (Å²) >= 11 is 1.02. The molecular formula is C13H10FNO4S. The summed E-state index contributed by atoms with van der Waals surface area (Å²) in [6.07, 6.45) is 4.48. The van der Waals surface area contributed by atoms with E-state index in [1.165, 1.54) is 25.3 Å². The number of ether oxygens (including phenoxy) is 1. The average Bonchev–Trinajstić information content (AvgIpc) is 2.83. The molecule has 0 amide bonds. The van der Waals surface area contributed by atoms with Crippen molar-refractivity contribution in [3.05, 3.63) is 57.9 Å². The Morgan fingerprint density at radius 1 is 1.50 bits per heavy atom. The highest BCUT2D eigenvalue weighted by molar-refractivity contribution is 8.00. The number of nitrogens with zero attached hydrogens (tertiary/aromatic N) is 1. The minimum atomic E-state index is -0.656. The molecule has 0 aliphatic heterocycles.